The molecule has 0 aliphatic carbocycles. The number of nitrogens with two attached hydrogens (primary N) is 1. The highest BCUT2D eigenvalue weighted by atomic mass is 19.1. The second-order valence-electron chi connectivity index (χ2n) is 3.08. The van der Waals surface area contributed by atoms with Crippen LogP contribution in [0.15, 0.2) is 24.3 Å². The van der Waals surface area contributed by atoms with E-state index in [1.165, 1.54) is 12.1 Å². The van der Waals surface area contributed by atoms with E-state index in [-0.39, 0.29) is 11.9 Å². The Morgan fingerprint density at radius 1 is 1.50 bits per heavy atom. The van der Waals surface area contributed by atoms with Crippen molar-refractivity contribution in [2.45, 2.75) is 19.4 Å². The van der Waals surface area contributed by atoms with Crippen LogP contribution in [0, 0.1) is 5.82 Å². The highest BCUT2D eigenvalue weighted by Crippen LogP contribution is 2.07. The van der Waals surface area contributed by atoms with Gasteiger partial charge in [-0.1, -0.05) is 12.1 Å². The first-order valence-corrected chi connectivity index (χ1v) is 4.28. The van der Waals surface area contributed by atoms with Gasteiger partial charge in [0.15, 0.2) is 0 Å². The molecule has 4 heteroatoms. The van der Waals surface area contributed by atoms with Crippen LogP contribution >= 0.6 is 0 Å². The number of primary amides is 1. The van der Waals surface area contributed by atoms with Gasteiger partial charge >= 0.3 is 6.09 Å². The second kappa shape index (κ2) is 4.60. The standard InChI is InChI=1S/C10H12FNO2/c1-7(14-10(12)13)6-8-2-4-9(11)5-3-8/h2-5,7H,6H2,1H3,(H2,12,13)/t7-/m0/s1. The molecule has 0 fully saturated rings. The van der Waals surface area contributed by atoms with Crippen molar-refractivity contribution in [3.8, 4) is 0 Å². The summed E-state index contributed by atoms with van der Waals surface area (Å²) in [6.07, 6.45) is -0.555. The zero-order valence-electron chi connectivity index (χ0n) is 7.87. The molecule has 14 heavy (non-hydrogen) atoms. The summed E-state index contributed by atoms with van der Waals surface area (Å²) >= 11 is 0. The lowest BCUT2D eigenvalue weighted by Gasteiger charge is -2.10. The minimum atomic E-state index is -0.792. The number of hydrogen-bond acceptors (Lipinski definition) is 2. The van der Waals surface area contributed by atoms with E-state index in [4.69, 9.17) is 10.5 Å². The normalized spacial score (nSPS) is 12.1. The minimum absolute atomic E-state index is 0.280. The van der Waals surface area contributed by atoms with E-state index in [1.54, 1.807) is 19.1 Å². The molecule has 3 nitrogen and oxygen atoms in total. The van der Waals surface area contributed by atoms with Crippen molar-refractivity contribution in [2.75, 3.05) is 0 Å². The summed E-state index contributed by atoms with van der Waals surface area (Å²) in [6.45, 7) is 1.73. The summed E-state index contributed by atoms with van der Waals surface area (Å²) in [6, 6.07) is 6.03. The highest BCUT2D eigenvalue weighted by molar-refractivity contribution is 5.64. The van der Waals surface area contributed by atoms with Crippen LogP contribution in [-0.4, -0.2) is 12.2 Å². The molecule has 1 aromatic carbocycles. The van der Waals surface area contributed by atoms with Crippen molar-refractivity contribution in [2.24, 2.45) is 5.73 Å². The predicted octanol–water partition coefficient (Wildman–Crippen LogP) is 1.85. The lowest BCUT2D eigenvalue weighted by molar-refractivity contribution is 0.116. The quantitative estimate of drug-likeness (QED) is 0.803. The molecule has 0 bridgehead atoms. The van der Waals surface area contributed by atoms with E-state index in [0.29, 0.717) is 6.42 Å². The van der Waals surface area contributed by atoms with E-state index in [9.17, 15) is 9.18 Å². The van der Waals surface area contributed by atoms with E-state index in [2.05, 4.69) is 0 Å². The Morgan fingerprint density at radius 3 is 2.57 bits per heavy atom. The molecule has 2 N–H and O–H groups in total. The molecule has 0 saturated carbocycles. The number of hydrogen-bond donors (Lipinski definition) is 1. The average molecular weight is 197 g/mol. The minimum Gasteiger partial charge on any atom is -0.446 e. The maximum absolute atomic E-state index is 12.5. The average Bonchev–Trinajstić information content (AvgIpc) is 2.07. The first kappa shape index (κ1) is 10.5. The van der Waals surface area contributed by atoms with Gasteiger partial charge in [0.1, 0.15) is 11.9 Å². The molecular weight excluding hydrogens is 185 g/mol. The molecule has 1 rings (SSSR count). The maximum atomic E-state index is 12.5. The van der Waals surface area contributed by atoms with E-state index < -0.39 is 6.09 Å². The molecule has 0 aromatic heterocycles. The van der Waals surface area contributed by atoms with Gasteiger partial charge in [-0.15, -0.1) is 0 Å². The van der Waals surface area contributed by atoms with Gasteiger partial charge in [0, 0.05) is 6.42 Å². The van der Waals surface area contributed by atoms with Gasteiger partial charge in [-0.25, -0.2) is 9.18 Å². The van der Waals surface area contributed by atoms with Gasteiger partial charge in [0.25, 0.3) is 0 Å². The van der Waals surface area contributed by atoms with Gasteiger partial charge in [0.05, 0.1) is 0 Å². The van der Waals surface area contributed by atoms with Gasteiger partial charge in [0.2, 0.25) is 0 Å². The molecule has 1 aromatic rings. The van der Waals surface area contributed by atoms with Crippen molar-refractivity contribution >= 4 is 6.09 Å². The predicted molar refractivity (Wildman–Crippen MR) is 50.2 cm³/mol. The van der Waals surface area contributed by atoms with Crippen LogP contribution in [-0.2, 0) is 11.2 Å². The van der Waals surface area contributed by atoms with Crippen molar-refractivity contribution < 1.29 is 13.9 Å². The molecule has 0 aliphatic rings. The number of benzene rings is 1. The summed E-state index contributed by atoms with van der Waals surface area (Å²) in [5.74, 6) is -0.280. The van der Waals surface area contributed by atoms with Crippen LogP contribution in [0.5, 0.6) is 0 Å². The van der Waals surface area contributed by atoms with Crippen LogP contribution in [0.25, 0.3) is 0 Å². The fourth-order valence-electron chi connectivity index (χ4n) is 1.19. The lowest BCUT2D eigenvalue weighted by atomic mass is 10.1. The monoisotopic (exact) mass is 197 g/mol. The van der Waals surface area contributed by atoms with Crippen molar-refractivity contribution in [1.82, 2.24) is 0 Å². The zero-order chi connectivity index (χ0) is 10.6. The van der Waals surface area contributed by atoms with Crippen molar-refractivity contribution in [3.63, 3.8) is 0 Å². The SMILES string of the molecule is C[C@@H](Cc1ccc(F)cc1)OC(N)=O. The Labute approximate surface area is 81.7 Å². The molecule has 0 unspecified atom stereocenters. The zero-order valence-corrected chi connectivity index (χ0v) is 7.87. The summed E-state index contributed by atoms with van der Waals surface area (Å²) in [5, 5.41) is 0. The van der Waals surface area contributed by atoms with Gasteiger partial charge < -0.3 is 10.5 Å². The highest BCUT2D eigenvalue weighted by Gasteiger charge is 2.06. The molecule has 0 heterocycles. The second-order valence-corrected chi connectivity index (χ2v) is 3.08. The lowest BCUT2D eigenvalue weighted by Crippen LogP contribution is -2.21. The number of carbonyl (C=O) groups is 1. The number of carbonyl (C=O) groups excluding carboxylic acids is 1. The molecule has 0 spiro atoms. The van der Waals surface area contributed by atoms with Crippen LogP contribution < -0.4 is 5.73 Å². The molecule has 0 aliphatic heterocycles. The Morgan fingerprint density at radius 2 is 2.07 bits per heavy atom. The smallest absolute Gasteiger partial charge is 0.404 e. The number of ether oxygens (including phenoxy) is 1. The Hall–Kier alpha value is -1.58. The number of rotatable bonds is 3. The molecule has 1 atom stereocenters. The Balaban J connectivity index is 2.51. The summed E-state index contributed by atoms with van der Waals surface area (Å²) in [4.78, 5) is 10.4. The van der Waals surface area contributed by atoms with E-state index in [1.807, 2.05) is 0 Å². The van der Waals surface area contributed by atoms with Crippen molar-refractivity contribution in [3.05, 3.63) is 35.6 Å². The third-order valence-electron chi connectivity index (χ3n) is 1.75. The van der Waals surface area contributed by atoms with Gasteiger partial charge in [-0.2, -0.15) is 0 Å². The van der Waals surface area contributed by atoms with Crippen LogP contribution in [0.2, 0.25) is 0 Å². The molecule has 0 radical (unpaired) electrons. The Bertz CT molecular complexity index is 310. The van der Waals surface area contributed by atoms with E-state index in [0.717, 1.165) is 5.56 Å². The number of halogens is 1. The summed E-state index contributed by atoms with van der Waals surface area (Å²) in [5.41, 5.74) is 5.75. The maximum Gasteiger partial charge on any atom is 0.404 e. The van der Waals surface area contributed by atoms with Gasteiger partial charge in [-0.3, -0.25) is 0 Å². The fourth-order valence-corrected chi connectivity index (χ4v) is 1.19. The molecular formula is C10H12FNO2. The first-order valence-electron chi connectivity index (χ1n) is 4.28. The molecule has 76 valence electrons. The van der Waals surface area contributed by atoms with Crippen LogP contribution in [0.4, 0.5) is 9.18 Å². The summed E-state index contributed by atoms with van der Waals surface area (Å²) < 4.78 is 17.3. The third kappa shape index (κ3) is 3.43. The van der Waals surface area contributed by atoms with Gasteiger partial charge in [-0.05, 0) is 24.6 Å². The topological polar surface area (TPSA) is 52.3 Å². The molecule has 1 amide bonds. The van der Waals surface area contributed by atoms with Crippen molar-refractivity contribution in [1.29, 1.82) is 0 Å². The fraction of sp³-hybridized carbons (Fsp3) is 0.300. The van der Waals surface area contributed by atoms with Crippen LogP contribution in [0.3, 0.4) is 0 Å². The Kier molecular flexibility index (Phi) is 3.45. The van der Waals surface area contributed by atoms with E-state index >= 15 is 0 Å². The largest absolute Gasteiger partial charge is 0.446 e. The molecule has 0 saturated heterocycles. The summed E-state index contributed by atoms with van der Waals surface area (Å²) in [7, 11) is 0. The first-order chi connectivity index (χ1) is 6.58. The number of amides is 1. The third-order valence-corrected chi connectivity index (χ3v) is 1.75. The van der Waals surface area contributed by atoms with Crippen LogP contribution in [0.1, 0.15) is 12.5 Å².